The highest BCUT2D eigenvalue weighted by Gasteiger charge is 2.35. The Morgan fingerprint density at radius 2 is 2.11 bits per heavy atom. The van der Waals surface area contributed by atoms with Crippen LogP contribution in [0.1, 0.15) is 13.3 Å². The third-order valence-electron chi connectivity index (χ3n) is 2.91. The van der Waals surface area contributed by atoms with Crippen molar-refractivity contribution < 1.29 is 19.4 Å². The fourth-order valence-electron chi connectivity index (χ4n) is 2.01. The molecule has 0 aromatic heterocycles. The molecule has 1 aliphatic rings. The van der Waals surface area contributed by atoms with Crippen molar-refractivity contribution in [1.82, 2.24) is 0 Å². The van der Waals surface area contributed by atoms with Gasteiger partial charge in [-0.25, -0.2) is 0 Å². The minimum Gasteiger partial charge on any atom is -0.508 e. The smallest absolute Gasteiger partial charge is 0.311 e. The summed E-state index contributed by atoms with van der Waals surface area (Å²) in [5.74, 6) is -0.676. The minimum atomic E-state index is -0.397. The van der Waals surface area contributed by atoms with Gasteiger partial charge in [-0.05, 0) is 31.2 Å². The molecule has 0 unspecified atom stereocenters. The molecule has 0 saturated carbocycles. The van der Waals surface area contributed by atoms with Crippen LogP contribution in [0.25, 0.3) is 0 Å². The maximum absolute atomic E-state index is 11.8. The highest BCUT2D eigenvalue weighted by molar-refractivity contribution is 5.99. The maximum Gasteiger partial charge on any atom is 0.311 e. The predicted molar refractivity (Wildman–Crippen MR) is 65.2 cm³/mol. The van der Waals surface area contributed by atoms with E-state index >= 15 is 0 Å². The number of nitrogens with zero attached hydrogens (tertiary/aromatic N) is 1. The first-order chi connectivity index (χ1) is 8.61. The van der Waals surface area contributed by atoms with Crippen LogP contribution in [0.2, 0.25) is 0 Å². The predicted octanol–water partition coefficient (Wildman–Crippen LogP) is 1.31. The lowest BCUT2D eigenvalue weighted by atomic mass is 10.1. The number of anilines is 1. The van der Waals surface area contributed by atoms with Gasteiger partial charge in [0.05, 0.1) is 12.5 Å². The Bertz CT molecular complexity index is 455. The molecule has 5 nitrogen and oxygen atoms in total. The molecule has 96 valence electrons. The van der Waals surface area contributed by atoms with Crippen molar-refractivity contribution in [1.29, 1.82) is 0 Å². The standard InChI is InChI=1S/C13H15NO4/c1-2-18-13(17)9-7-12(16)14(8-9)10-3-5-11(15)6-4-10/h3-6,9,15H,2,7-8H2,1H3/t9-/m0/s1. The average molecular weight is 249 g/mol. The van der Waals surface area contributed by atoms with Crippen molar-refractivity contribution in [3.8, 4) is 5.75 Å². The van der Waals surface area contributed by atoms with Gasteiger partial charge in [-0.15, -0.1) is 0 Å². The average Bonchev–Trinajstić information content (AvgIpc) is 2.73. The van der Waals surface area contributed by atoms with E-state index in [2.05, 4.69) is 0 Å². The number of esters is 1. The van der Waals surface area contributed by atoms with Crippen molar-refractivity contribution in [2.24, 2.45) is 5.92 Å². The number of aromatic hydroxyl groups is 1. The summed E-state index contributed by atoms with van der Waals surface area (Å²) >= 11 is 0. The third-order valence-corrected chi connectivity index (χ3v) is 2.91. The first kappa shape index (κ1) is 12.4. The van der Waals surface area contributed by atoms with E-state index in [1.807, 2.05) is 0 Å². The Morgan fingerprint density at radius 3 is 2.72 bits per heavy atom. The Balaban J connectivity index is 2.10. The van der Waals surface area contributed by atoms with Crippen LogP contribution in [-0.2, 0) is 14.3 Å². The van der Waals surface area contributed by atoms with Gasteiger partial charge < -0.3 is 14.7 Å². The third kappa shape index (κ3) is 2.45. The van der Waals surface area contributed by atoms with Gasteiger partial charge in [0.25, 0.3) is 0 Å². The molecule has 1 N–H and O–H groups in total. The van der Waals surface area contributed by atoms with E-state index in [0.29, 0.717) is 18.8 Å². The number of carbonyl (C=O) groups excluding carboxylic acids is 2. The fraction of sp³-hybridized carbons (Fsp3) is 0.385. The van der Waals surface area contributed by atoms with E-state index in [1.54, 1.807) is 24.0 Å². The highest BCUT2D eigenvalue weighted by Crippen LogP contribution is 2.27. The first-order valence-electron chi connectivity index (χ1n) is 5.88. The van der Waals surface area contributed by atoms with Crippen molar-refractivity contribution in [3.05, 3.63) is 24.3 Å². The van der Waals surface area contributed by atoms with Gasteiger partial charge in [-0.1, -0.05) is 0 Å². The Hall–Kier alpha value is -2.04. The summed E-state index contributed by atoms with van der Waals surface area (Å²) < 4.78 is 4.92. The lowest BCUT2D eigenvalue weighted by Gasteiger charge is -2.16. The minimum absolute atomic E-state index is 0.0984. The van der Waals surface area contributed by atoms with Crippen LogP contribution in [0.15, 0.2) is 24.3 Å². The summed E-state index contributed by atoms with van der Waals surface area (Å²) in [5, 5.41) is 9.20. The second kappa shape index (κ2) is 5.08. The number of phenols is 1. The summed E-state index contributed by atoms with van der Waals surface area (Å²) in [6.45, 7) is 2.40. The van der Waals surface area contributed by atoms with E-state index in [-0.39, 0.29) is 24.0 Å². The second-order valence-corrected chi connectivity index (χ2v) is 4.17. The van der Waals surface area contributed by atoms with Crippen LogP contribution in [0, 0.1) is 5.92 Å². The van der Waals surface area contributed by atoms with Crippen LogP contribution in [0.3, 0.4) is 0 Å². The van der Waals surface area contributed by atoms with E-state index in [1.165, 1.54) is 12.1 Å². The van der Waals surface area contributed by atoms with Crippen LogP contribution in [0.5, 0.6) is 5.75 Å². The molecular weight excluding hydrogens is 234 g/mol. The fourth-order valence-corrected chi connectivity index (χ4v) is 2.01. The van der Waals surface area contributed by atoms with Crippen LogP contribution in [-0.4, -0.2) is 30.1 Å². The Labute approximate surface area is 105 Å². The number of benzene rings is 1. The molecule has 2 rings (SSSR count). The van der Waals surface area contributed by atoms with Gasteiger partial charge in [0.2, 0.25) is 5.91 Å². The molecule has 0 aliphatic carbocycles. The molecule has 1 aliphatic heterocycles. The second-order valence-electron chi connectivity index (χ2n) is 4.17. The molecule has 1 heterocycles. The molecule has 1 saturated heterocycles. The molecule has 0 bridgehead atoms. The summed E-state index contributed by atoms with van der Waals surface area (Å²) in [4.78, 5) is 25.0. The van der Waals surface area contributed by atoms with E-state index in [9.17, 15) is 14.7 Å². The van der Waals surface area contributed by atoms with Gasteiger partial charge in [0.15, 0.2) is 0 Å². The van der Waals surface area contributed by atoms with Crippen molar-refractivity contribution in [2.75, 3.05) is 18.1 Å². The van der Waals surface area contributed by atoms with Gasteiger partial charge in [0, 0.05) is 18.7 Å². The van der Waals surface area contributed by atoms with E-state index in [0.717, 1.165) is 0 Å². The molecule has 1 atom stereocenters. The molecule has 1 aromatic rings. The summed E-state index contributed by atoms with van der Waals surface area (Å²) in [5.41, 5.74) is 0.685. The van der Waals surface area contributed by atoms with Crippen molar-refractivity contribution in [3.63, 3.8) is 0 Å². The number of ether oxygens (including phenoxy) is 1. The number of carbonyl (C=O) groups is 2. The zero-order valence-corrected chi connectivity index (χ0v) is 10.1. The topological polar surface area (TPSA) is 66.8 Å². The lowest BCUT2D eigenvalue weighted by molar-refractivity contribution is -0.147. The van der Waals surface area contributed by atoms with Gasteiger partial charge in [-0.3, -0.25) is 9.59 Å². The number of hydrogen-bond donors (Lipinski definition) is 1. The molecule has 1 amide bonds. The first-order valence-corrected chi connectivity index (χ1v) is 5.88. The van der Waals surface area contributed by atoms with E-state index in [4.69, 9.17) is 4.74 Å². The molecule has 0 spiro atoms. The molecular formula is C13H15NO4. The van der Waals surface area contributed by atoms with Gasteiger partial charge in [0.1, 0.15) is 5.75 Å². The van der Waals surface area contributed by atoms with Crippen LogP contribution in [0.4, 0.5) is 5.69 Å². The highest BCUT2D eigenvalue weighted by atomic mass is 16.5. The van der Waals surface area contributed by atoms with Crippen molar-refractivity contribution >= 4 is 17.6 Å². The van der Waals surface area contributed by atoms with Crippen LogP contribution >= 0.6 is 0 Å². The van der Waals surface area contributed by atoms with Crippen molar-refractivity contribution in [2.45, 2.75) is 13.3 Å². The largest absolute Gasteiger partial charge is 0.508 e. The number of hydrogen-bond acceptors (Lipinski definition) is 4. The zero-order valence-electron chi connectivity index (χ0n) is 10.1. The van der Waals surface area contributed by atoms with Crippen LogP contribution < -0.4 is 4.90 Å². The van der Waals surface area contributed by atoms with Gasteiger partial charge in [-0.2, -0.15) is 0 Å². The number of rotatable bonds is 3. The SMILES string of the molecule is CCOC(=O)[C@H]1CC(=O)N(c2ccc(O)cc2)C1. The van der Waals surface area contributed by atoms with Gasteiger partial charge >= 0.3 is 5.97 Å². The van der Waals surface area contributed by atoms with E-state index < -0.39 is 5.92 Å². The number of phenolic OH excluding ortho intramolecular Hbond substituents is 1. The molecule has 5 heteroatoms. The Kier molecular flexibility index (Phi) is 3.50. The molecule has 1 aromatic carbocycles. The zero-order chi connectivity index (χ0) is 13.1. The molecule has 1 fully saturated rings. The monoisotopic (exact) mass is 249 g/mol. The lowest BCUT2D eigenvalue weighted by Crippen LogP contribution is -2.26. The molecule has 0 radical (unpaired) electrons. The Morgan fingerprint density at radius 1 is 1.44 bits per heavy atom. The maximum atomic E-state index is 11.8. The summed E-state index contributed by atoms with van der Waals surface area (Å²) in [6, 6.07) is 6.34. The molecule has 18 heavy (non-hydrogen) atoms. The normalized spacial score (nSPS) is 19.1. The quantitative estimate of drug-likeness (QED) is 0.820. The summed E-state index contributed by atoms with van der Waals surface area (Å²) in [6.07, 6.45) is 0.180. The summed E-state index contributed by atoms with van der Waals surface area (Å²) in [7, 11) is 0. The number of amides is 1.